The Hall–Kier alpha value is -2.75. The summed E-state index contributed by atoms with van der Waals surface area (Å²) in [6.45, 7) is 3.63. The predicted octanol–water partition coefficient (Wildman–Crippen LogP) is 2.67. The van der Waals surface area contributed by atoms with E-state index in [1.54, 1.807) is 18.2 Å². The quantitative estimate of drug-likeness (QED) is 0.595. The first kappa shape index (κ1) is 13.2. The molecule has 1 heterocycles. The van der Waals surface area contributed by atoms with Gasteiger partial charge in [0.2, 0.25) is 0 Å². The van der Waals surface area contributed by atoms with E-state index in [4.69, 9.17) is 0 Å². The first-order valence-corrected chi connectivity index (χ1v) is 6.60. The van der Waals surface area contributed by atoms with E-state index in [9.17, 15) is 14.4 Å². The molecule has 4 nitrogen and oxygen atoms in total. The molecule has 2 aromatic carbocycles. The summed E-state index contributed by atoms with van der Waals surface area (Å²) in [6.07, 6.45) is 0. The van der Waals surface area contributed by atoms with Crippen molar-refractivity contribution < 1.29 is 14.4 Å². The topological polar surface area (TPSA) is 54.5 Å². The van der Waals surface area contributed by atoms with Gasteiger partial charge < -0.3 is 0 Å². The van der Waals surface area contributed by atoms with Gasteiger partial charge in [-0.1, -0.05) is 36.4 Å². The van der Waals surface area contributed by atoms with Crippen LogP contribution in [0.2, 0.25) is 0 Å². The van der Waals surface area contributed by atoms with Gasteiger partial charge in [-0.15, -0.1) is 0 Å². The maximum absolute atomic E-state index is 12.6. The summed E-state index contributed by atoms with van der Waals surface area (Å²) in [6, 6.07) is 11.9. The van der Waals surface area contributed by atoms with Crippen molar-refractivity contribution >= 4 is 23.3 Å². The third-order valence-corrected chi connectivity index (χ3v) is 3.67. The summed E-state index contributed by atoms with van der Waals surface area (Å²) < 4.78 is 0. The third-order valence-electron chi connectivity index (χ3n) is 3.67. The van der Waals surface area contributed by atoms with Crippen LogP contribution in [-0.4, -0.2) is 17.6 Å². The lowest BCUT2D eigenvalue weighted by atomic mass is 9.95. The highest BCUT2D eigenvalue weighted by Crippen LogP contribution is 2.30. The van der Waals surface area contributed by atoms with E-state index in [1.807, 2.05) is 32.0 Å². The number of ketones is 1. The SMILES string of the molecule is Cc1cccc(C)c1N1C(=O)C(=O)c2ccccc2C1=O. The number of nitrogens with zero attached hydrogens (tertiary/aromatic N) is 1. The van der Waals surface area contributed by atoms with Crippen molar-refractivity contribution in [2.24, 2.45) is 0 Å². The van der Waals surface area contributed by atoms with Crippen molar-refractivity contribution in [1.82, 2.24) is 0 Å². The van der Waals surface area contributed by atoms with Crippen LogP contribution in [0.4, 0.5) is 5.69 Å². The molecule has 0 radical (unpaired) electrons. The molecule has 0 saturated carbocycles. The number of rotatable bonds is 1. The molecule has 0 atom stereocenters. The molecule has 0 saturated heterocycles. The molecule has 0 fully saturated rings. The Morgan fingerprint density at radius 2 is 1.29 bits per heavy atom. The molecule has 0 bridgehead atoms. The lowest BCUT2D eigenvalue weighted by Crippen LogP contribution is -2.47. The molecular weight excluding hydrogens is 266 g/mol. The summed E-state index contributed by atoms with van der Waals surface area (Å²) >= 11 is 0. The molecule has 2 amide bonds. The second-order valence-electron chi connectivity index (χ2n) is 5.06. The van der Waals surface area contributed by atoms with E-state index in [0.29, 0.717) is 5.69 Å². The zero-order chi connectivity index (χ0) is 15.1. The first-order valence-electron chi connectivity index (χ1n) is 6.60. The number of hydrogen-bond donors (Lipinski definition) is 0. The largest absolute Gasteiger partial charge is 0.306 e. The fraction of sp³-hybridized carbons (Fsp3) is 0.118. The zero-order valence-electron chi connectivity index (χ0n) is 11.7. The van der Waals surface area contributed by atoms with Crippen LogP contribution in [0.15, 0.2) is 42.5 Å². The normalized spacial score (nSPS) is 14.4. The van der Waals surface area contributed by atoms with Crippen LogP contribution in [0.1, 0.15) is 31.8 Å². The highest BCUT2D eigenvalue weighted by molar-refractivity contribution is 6.56. The molecule has 104 valence electrons. The predicted molar refractivity (Wildman–Crippen MR) is 78.5 cm³/mol. The summed E-state index contributed by atoms with van der Waals surface area (Å²) in [5.74, 6) is -1.89. The average molecular weight is 279 g/mol. The molecule has 0 aliphatic carbocycles. The first-order chi connectivity index (χ1) is 10.0. The Labute approximate surface area is 122 Å². The Balaban J connectivity index is 2.24. The Bertz CT molecular complexity index is 772. The van der Waals surface area contributed by atoms with Crippen molar-refractivity contribution in [3.05, 3.63) is 64.7 Å². The molecule has 21 heavy (non-hydrogen) atoms. The molecule has 3 rings (SSSR count). The minimum Gasteiger partial charge on any atom is -0.283 e. The maximum atomic E-state index is 12.6. The molecule has 0 spiro atoms. The summed E-state index contributed by atoms with van der Waals surface area (Å²) in [7, 11) is 0. The second kappa shape index (κ2) is 4.66. The van der Waals surface area contributed by atoms with Gasteiger partial charge in [0.25, 0.3) is 11.7 Å². The van der Waals surface area contributed by atoms with E-state index >= 15 is 0 Å². The van der Waals surface area contributed by atoms with Crippen LogP contribution in [0, 0.1) is 13.8 Å². The van der Waals surface area contributed by atoms with E-state index in [2.05, 4.69) is 0 Å². The molecule has 0 unspecified atom stereocenters. The fourth-order valence-electron chi connectivity index (χ4n) is 2.66. The number of amides is 2. The smallest absolute Gasteiger partial charge is 0.283 e. The lowest BCUT2D eigenvalue weighted by molar-refractivity contribution is -0.114. The van der Waals surface area contributed by atoms with Gasteiger partial charge in [0, 0.05) is 5.56 Å². The number of hydrogen-bond acceptors (Lipinski definition) is 3. The van der Waals surface area contributed by atoms with Gasteiger partial charge in [-0.05, 0) is 31.0 Å². The number of anilines is 1. The lowest BCUT2D eigenvalue weighted by Gasteiger charge is -2.28. The minimum atomic E-state index is -0.795. The number of imide groups is 1. The van der Waals surface area contributed by atoms with E-state index in [-0.39, 0.29) is 11.1 Å². The van der Waals surface area contributed by atoms with Crippen LogP contribution in [0.3, 0.4) is 0 Å². The highest BCUT2D eigenvalue weighted by atomic mass is 16.2. The van der Waals surface area contributed by atoms with Crippen LogP contribution in [-0.2, 0) is 4.79 Å². The number of carbonyl (C=O) groups excluding carboxylic acids is 3. The number of aryl methyl sites for hydroxylation is 2. The van der Waals surface area contributed by atoms with Crippen LogP contribution < -0.4 is 4.90 Å². The summed E-state index contributed by atoms with van der Waals surface area (Å²) in [5, 5.41) is 0. The summed E-state index contributed by atoms with van der Waals surface area (Å²) in [5.41, 5.74) is 2.50. The molecule has 1 aliphatic rings. The molecule has 1 aliphatic heterocycles. The second-order valence-corrected chi connectivity index (χ2v) is 5.06. The number of carbonyl (C=O) groups is 3. The standard InChI is InChI=1S/C17H13NO3/c1-10-6-5-7-11(2)14(10)18-16(20)13-9-4-3-8-12(13)15(19)17(18)21/h3-9H,1-2H3. The molecule has 2 aromatic rings. The van der Waals surface area contributed by atoms with Crippen molar-refractivity contribution in [3.8, 4) is 0 Å². The maximum Gasteiger partial charge on any atom is 0.306 e. The van der Waals surface area contributed by atoms with Crippen molar-refractivity contribution in [2.45, 2.75) is 13.8 Å². The van der Waals surface area contributed by atoms with Crippen molar-refractivity contribution in [3.63, 3.8) is 0 Å². The monoisotopic (exact) mass is 279 g/mol. The van der Waals surface area contributed by atoms with Gasteiger partial charge >= 0.3 is 5.91 Å². The molecule has 4 heteroatoms. The van der Waals surface area contributed by atoms with E-state index < -0.39 is 17.6 Å². The Morgan fingerprint density at radius 1 is 0.714 bits per heavy atom. The molecule has 0 N–H and O–H groups in total. The number of para-hydroxylation sites is 1. The van der Waals surface area contributed by atoms with Crippen molar-refractivity contribution in [1.29, 1.82) is 0 Å². The third kappa shape index (κ3) is 1.88. The zero-order valence-corrected chi connectivity index (χ0v) is 11.7. The van der Waals surface area contributed by atoms with Crippen LogP contribution in [0.25, 0.3) is 0 Å². The van der Waals surface area contributed by atoms with Gasteiger partial charge in [0.05, 0.1) is 11.3 Å². The minimum absolute atomic E-state index is 0.176. The van der Waals surface area contributed by atoms with Gasteiger partial charge in [-0.25, -0.2) is 4.90 Å². The van der Waals surface area contributed by atoms with Gasteiger partial charge in [-0.3, -0.25) is 14.4 Å². The Kier molecular flexibility index (Phi) is 2.94. The summed E-state index contributed by atoms with van der Waals surface area (Å²) in [4.78, 5) is 38.2. The van der Waals surface area contributed by atoms with Gasteiger partial charge in [0.15, 0.2) is 0 Å². The Morgan fingerprint density at radius 3 is 1.90 bits per heavy atom. The van der Waals surface area contributed by atoms with Gasteiger partial charge in [-0.2, -0.15) is 0 Å². The number of benzene rings is 2. The average Bonchev–Trinajstić information content (AvgIpc) is 2.48. The van der Waals surface area contributed by atoms with Crippen molar-refractivity contribution in [2.75, 3.05) is 4.90 Å². The highest BCUT2D eigenvalue weighted by Gasteiger charge is 2.39. The molecular formula is C17H13NO3. The fourth-order valence-corrected chi connectivity index (χ4v) is 2.66. The van der Waals surface area contributed by atoms with Crippen LogP contribution in [0.5, 0.6) is 0 Å². The number of Topliss-reactive ketones (excluding diaryl/α,β-unsaturated/α-hetero) is 1. The molecule has 0 aromatic heterocycles. The van der Waals surface area contributed by atoms with Gasteiger partial charge in [0.1, 0.15) is 0 Å². The number of fused-ring (bicyclic) bond motifs is 1. The van der Waals surface area contributed by atoms with E-state index in [0.717, 1.165) is 16.0 Å². The van der Waals surface area contributed by atoms with E-state index in [1.165, 1.54) is 6.07 Å². The van der Waals surface area contributed by atoms with Crippen LogP contribution >= 0.6 is 0 Å².